The number of aryl methyl sites for hydroxylation is 1. The Hall–Kier alpha value is -4.27. The van der Waals surface area contributed by atoms with Crippen LogP contribution >= 0.6 is 0 Å². The summed E-state index contributed by atoms with van der Waals surface area (Å²) in [6, 6.07) is 13.7. The minimum Gasteiger partial charge on any atom is -0.453 e. The highest BCUT2D eigenvalue weighted by Crippen LogP contribution is 2.25. The number of pyridine rings is 1. The van der Waals surface area contributed by atoms with E-state index in [9.17, 15) is 19.7 Å². The number of rotatable bonds is 5. The van der Waals surface area contributed by atoms with Crippen LogP contribution in [0.15, 0.2) is 70.0 Å². The van der Waals surface area contributed by atoms with Gasteiger partial charge in [-0.1, -0.05) is 6.07 Å². The molecule has 3 heterocycles. The molecule has 9 nitrogen and oxygen atoms in total. The molecule has 0 unspecified atom stereocenters. The van der Waals surface area contributed by atoms with E-state index in [4.69, 9.17) is 9.15 Å². The molecule has 9 heteroatoms. The highest BCUT2D eigenvalue weighted by Gasteiger charge is 2.15. The Bertz CT molecular complexity index is 1320. The summed E-state index contributed by atoms with van der Waals surface area (Å²) >= 11 is 0. The maximum atomic E-state index is 12.3. The molecule has 0 aliphatic heterocycles. The Morgan fingerprint density at radius 1 is 1.20 bits per heavy atom. The topological polar surface area (TPSA) is 117 Å². The number of carbonyl (C=O) groups is 1. The number of ether oxygens (including phenoxy) is 1. The van der Waals surface area contributed by atoms with Gasteiger partial charge in [0.05, 0.1) is 10.6 Å². The highest BCUT2D eigenvalue weighted by molar-refractivity contribution is 5.87. The van der Waals surface area contributed by atoms with Gasteiger partial charge >= 0.3 is 5.97 Å². The van der Waals surface area contributed by atoms with Crippen molar-refractivity contribution >= 4 is 17.3 Å². The molecule has 4 aromatic rings. The molecule has 0 N–H and O–H groups in total. The minimum absolute atomic E-state index is 0.0305. The van der Waals surface area contributed by atoms with Crippen molar-refractivity contribution in [2.24, 2.45) is 0 Å². The Balaban J connectivity index is 1.49. The summed E-state index contributed by atoms with van der Waals surface area (Å²) in [7, 11) is 0. The first-order chi connectivity index (χ1) is 14.4. The predicted octanol–water partition coefficient (Wildman–Crippen LogP) is 3.53. The summed E-state index contributed by atoms with van der Waals surface area (Å²) in [4.78, 5) is 39.1. The molecule has 150 valence electrons. The standard InChI is InChI=1S/C21H15N3O6/c1-13-3-2-10-23-19(25)11-15(22-20(13)23)12-29-21(26)18-9-8-17(30-18)14-4-6-16(7-5-14)24(27)28/h2-11H,12H2,1H3. The first-order valence-corrected chi connectivity index (χ1v) is 8.92. The average molecular weight is 405 g/mol. The minimum atomic E-state index is -0.713. The predicted molar refractivity (Wildman–Crippen MR) is 106 cm³/mol. The highest BCUT2D eigenvalue weighted by atomic mass is 16.6. The SMILES string of the molecule is Cc1cccn2c(=O)cc(COC(=O)c3ccc(-c4ccc([N+](=O)[O-])cc4)o3)nc12. The van der Waals surface area contributed by atoms with E-state index in [1.165, 1.54) is 40.8 Å². The fourth-order valence-corrected chi connectivity index (χ4v) is 2.94. The quantitative estimate of drug-likeness (QED) is 0.283. The largest absolute Gasteiger partial charge is 0.453 e. The third-order valence-electron chi connectivity index (χ3n) is 4.46. The molecule has 0 amide bonds. The average Bonchev–Trinajstić information content (AvgIpc) is 3.23. The van der Waals surface area contributed by atoms with E-state index in [0.717, 1.165) is 5.56 Å². The van der Waals surface area contributed by atoms with E-state index in [1.807, 2.05) is 13.0 Å². The number of nitro benzene ring substituents is 1. The van der Waals surface area contributed by atoms with E-state index >= 15 is 0 Å². The van der Waals surface area contributed by atoms with Crippen LogP contribution in [0.5, 0.6) is 0 Å². The van der Waals surface area contributed by atoms with Gasteiger partial charge in [-0.25, -0.2) is 9.78 Å². The van der Waals surface area contributed by atoms with Crippen molar-refractivity contribution in [2.45, 2.75) is 13.5 Å². The molecule has 0 radical (unpaired) electrons. The molecule has 0 spiro atoms. The van der Waals surface area contributed by atoms with Crippen LogP contribution < -0.4 is 5.56 Å². The number of hydrogen-bond acceptors (Lipinski definition) is 7. The van der Waals surface area contributed by atoms with Crippen molar-refractivity contribution in [1.82, 2.24) is 9.38 Å². The molecule has 4 rings (SSSR count). The summed E-state index contributed by atoms with van der Waals surface area (Å²) in [5.74, 6) is -0.374. The van der Waals surface area contributed by atoms with Crippen LogP contribution in [-0.4, -0.2) is 20.3 Å². The monoisotopic (exact) mass is 405 g/mol. The molecule has 0 saturated carbocycles. The van der Waals surface area contributed by atoms with Crippen LogP contribution in [0.25, 0.3) is 17.0 Å². The molecule has 3 aromatic heterocycles. The number of nitrogens with zero attached hydrogens (tertiary/aromatic N) is 3. The normalized spacial score (nSPS) is 10.8. The van der Waals surface area contributed by atoms with Crippen LogP contribution in [0.2, 0.25) is 0 Å². The van der Waals surface area contributed by atoms with Crippen molar-refractivity contribution in [1.29, 1.82) is 0 Å². The van der Waals surface area contributed by atoms with Gasteiger partial charge in [0, 0.05) is 30.0 Å². The number of carbonyl (C=O) groups excluding carboxylic acids is 1. The number of nitro groups is 1. The Kier molecular flexibility index (Phi) is 4.85. The lowest BCUT2D eigenvalue weighted by Gasteiger charge is -2.06. The van der Waals surface area contributed by atoms with Crippen molar-refractivity contribution in [3.05, 3.63) is 98.3 Å². The van der Waals surface area contributed by atoms with Gasteiger partial charge in [0.25, 0.3) is 11.2 Å². The second-order valence-corrected chi connectivity index (χ2v) is 6.51. The molecule has 0 bridgehead atoms. The summed E-state index contributed by atoms with van der Waals surface area (Å²) < 4.78 is 12.1. The van der Waals surface area contributed by atoms with E-state index in [0.29, 0.717) is 22.7 Å². The zero-order valence-corrected chi connectivity index (χ0v) is 15.8. The number of non-ortho nitro benzene ring substituents is 1. The van der Waals surface area contributed by atoms with Crippen LogP contribution in [-0.2, 0) is 11.3 Å². The maximum Gasteiger partial charge on any atom is 0.374 e. The van der Waals surface area contributed by atoms with Crippen molar-refractivity contribution in [2.75, 3.05) is 0 Å². The fraction of sp³-hybridized carbons (Fsp3) is 0.0952. The molecule has 0 aliphatic carbocycles. The molecular formula is C21H15N3O6. The summed E-state index contributed by atoms with van der Waals surface area (Å²) in [5.41, 5.74) is 1.91. The third-order valence-corrected chi connectivity index (χ3v) is 4.46. The molecule has 0 aliphatic rings. The van der Waals surface area contributed by atoms with Crippen LogP contribution in [0.3, 0.4) is 0 Å². The Labute approximate surface area is 169 Å². The number of furan rings is 1. The molecule has 1 aromatic carbocycles. The first kappa shape index (κ1) is 19.1. The second kappa shape index (κ2) is 7.63. The zero-order valence-electron chi connectivity index (χ0n) is 15.8. The van der Waals surface area contributed by atoms with E-state index < -0.39 is 10.9 Å². The number of fused-ring (bicyclic) bond motifs is 1. The molecule has 0 saturated heterocycles. The van der Waals surface area contributed by atoms with Crippen LogP contribution in [0.1, 0.15) is 21.8 Å². The second-order valence-electron chi connectivity index (χ2n) is 6.51. The first-order valence-electron chi connectivity index (χ1n) is 8.92. The maximum absolute atomic E-state index is 12.3. The molecule has 0 fully saturated rings. The lowest BCUT2D eigenvalue weighted by atomic mass is 10.1. The van der Waals surface area contributed by atoms with Crippen molar-refractivity contribution in [3.63, 3.8) is 0 Å². The van der Waals surface area contributed by atoms with Gasteiger partial charge in [-0.2, -0.15) is 0 Å². The van der Waals surface area contributed by atoms with E-state index in [1.54, 1.807) is 18.3 Å². The lowest BCUT2D eigenvalue weighted by molar-refractivity contribution is -0.384. The van der Waals surface area contributed by atoms with Gasteiger partial charge in [0.2, 0.25) is 5.76 Å². The Morgan fingerprint density at radius 2 is 1.97 bits per heavy atom. The summed E-state index contributed by atoms with van der Waals surface area (Å²) in [5, 5.41) is 10.7. The third kappa shape index (κ3) is 3.68. The lowest BCUT2D eigenvalue weighted by Crippen LogP contribution is -2.17. The fourth-order valence-electron chi connectivity index (χ4n) is 2.94. The van der Waals surface area contributed by atoms with Gasteiger partial charge in [-0.05, 0) is 42.8 Å². The van der Waals surface area contributed by atoms with Crippen LogP contribution in [0.4, 0.5) is 5.69 Å². The molecule has 30 heavy (non-hydrogen) atoms. The molecule has 0 atom stereocenters. The van der Waals surface area contributed by atoms with Crippen molar-refractivity contribution < 1.29 is 18.9 Å². The summed E-state index contributed by atoms with van der Waals surface area (Å²) in [6.45, 7) is 1.65. The van der Waals surface area contributed by atoms with Gasteiger partial charge in [0.15, 0.2) is 0 Å². The van der Waals surface area contributed by atoms with Gasteiger partial charge in [-0.3, -0.25) is 19.3 Å². The van der Waals surface area contributed by atoms with E-state index in [-0.39, 0.29) is 23.6 Å². The molecular weight excluding hydrogens is 390 g/mol. The smallest absolute Gasteiger partial charge is 0.374 e. The number of aromatic nitrogens is 2. The van der Waals surface area contributed by atoms with Gasteiger partial charge < -0.3 is 9.15 Å². The number of esters is 1. The van der Waals surface area contributed by atoms with E-state index in [2.05, 4.69) is 4.98 Å². The summed E-state index contributed by atoms with van der Waals surface area (Å²) in [6.07, 6.45) is 1.62. The zero-order chi connectivity index (χ0) is 21.3. The number of hydrogen-bond donors (Lipinski definition) is 0. The van der Waals surface area contributed by atoms with Crippen LogP contribution in [0, 0.1) is 17.0 Å². The van der Waals surface area contributed by atoms with Gasteiger partial charge in [-0.15, -0.1) is 0 Å². The Morgan fingerprint density at radius 3 is 2.70 bits per heavy atom. The van der Waals surface area contributed by atoms with Gasteiger partial charge in [0.1, 0.15) is 18.0 Å². The number of benzene rings is 1. The van der Waals surface area contributed by atoms with Crippen molar-refractivity contribution in [3.8, 4) is 11.3 Å².